The second kappa shape index (κ2) is 7.39. The smallest absolute Gasteiger partial charge is 0.323 e. The van der Waals surface area contributed by atoms with Gasteiger partial charge in [0.15, 0.2) is 0 Å². The van der Waals surface area contributed by atoms with Gasteiger partial charge in [-0.05, 0) is 19.4 Å². The number of rotatable bonds is 6. The Labute approximate surface area is 144 Å². The molecule has 0 bridgehead atoms. The number of amides is 2. The van der Waals surface area contributed by atoms with Crippen LogP contribution >= 0.6 is 11.3 Å². The van der Waals surface area contributed by atoms with E-state index in [9.17, 15) is 9.59 Å². The number of carboxylic acid groups (broad SMARTS) is 1. The highest BCUT2D eigenvalue weighted by atomic mass is 32.1. The maximum Gasteiger partial charge on any atom is 0.323 e. The fraction of sp³-hybridized carbons (Fsp3) is 0.375. The van der Waals surface area contributed by atoms with Crippen molar-refractivity contribution in [2.24, 2.45) is 0 Å². The van der Waals surface area contributed by atoms with Gasteiger partial charge in [0.25, 0.3) is 0 Å². The van der Waals surface area contributed by atoms with Crippen LogP contribution in [0.5, 0.6) is 0 Å². The van der Waals surface area contributed by atoms with Crippen molar-refractivity contribution in [2.45, 2.75) is 25.7 Å². The van der Waals surface area contributed by atoms with E-state index in [2.05, 4.69) is 15.5 Å². The number of carbonyl (C=O) groups excluding carboxylic acids is 1. The highest BCUT2D eigenvalue weighted by Gasteiger charge is 2.28. The number of hydrogen-bond acceptors (Lipinski definition) is 5. The zero-order valence-corrected chi connectivity index (χ0v) is 14.6. The van der Waals surface area contributed by atoms with Gasteiger partial charge < -0.3 is 10.0 Å². The highest BCUT2D eigenvalue weighted by molar-refractivity contribution is 7.15. The van der Waals surface area contributed by atoms with E-state index in [1.54, 1.807) is 0 Å². The van der Waals surface area contributed by atoms with E-state index in [0.717, 1.165) is 10.6 Å². The number of nitrogens with one attached hydrogen (secondary N) is 1. The number of nitrogens with zero attached hydrogens (tertiary/aromatic N) is 3. The van der Waals surface area contributed by atoms with Crippen LogP contribution in [0, 0.1) is 0 Å². The predicted molar refractivity (Wildman–Crippen MR) is 92.4 cm³/mol. The third kappa shape index (κ3) is 4.29. The van der Waals surface area contributed by atoms with Crippen LogP contribution in [0.3, 0.4) is 0 Å². The van der Waals surface area contributed by atoms with Crippen molar-refractivity contribution in [3.05, 3.63) is 40.9 Å². The molecule has 128 valence electrons. The molecule has 0 saturated heterocycles. The maximum atomic E-state index is 12.0. The lowest BCUT2D eigenvalue weighted by Gasteiger charge is -2.21. The van der Waals surface area contributed by atoms with Gasteiger partial charge in [-0.25, -0.2) is 4.79 Å². The summed E-state index contributed by atoms with van der Waals surface area (Å²) in [4.78, 5) is 23.9. The molecule has 0 atom stereocenters. The minimum atomic E-state index is -0.947. The van der Waals surface area contributed by atoms with Crippen molar-refractivity contribution >= 4 is 28.5 Å². The number of anilines is 1. The number of hydrogen-bond donors (Lipinski definition) is 2. The molecule has 2 rings (SSSR count). The van der Waals surface area contributed by atoms with Crippen molar-refractivity contribution in [2.75, 3.05) is 18.9 Å². The standard InChI is InChI=1S/C16H20N4O3S/c1-16(2,11-7-5-4-6-8-11)13-18-19-14(24-13)17-15(23)20(3)10-9-12(21)22/h4-8H,9-10H2,1-3H3,(H,21,22)(H,17,19,23). The molecule has 0 aliphatic rings. The first-order chi connectivity index (χ1) is 11.3. The van der Waals surface area contributed by atoms with Crippen LogP contribution in [0.1, 0.15) is 30.8 Å². The molecule has 2 aromatic rings. The summed E-state index contributed by atoms with van der Waals surface area (Å²) in [6.45, 7) is 4.23. The highest BCUT2D eigenvalue weighted by Crippen LogP contribution is 2.34. The monoisotopic (exact) mass is 348 g/mol. The van der Waals surface area contributed by atoms with Gasteiger partial charge in [-0.1, -0.05) is 41.7 Å². The summed E-state index contributed by atoms with van der Waals surface area (Å²) in [5, 5.41) is 20.7. The average Bonchev–Trinajstić information content (AvgIpc) is 3.02. The molecule has 2 N–H and O–H groups in total. The fourth-order valence-electron chi connectivity index (χ4n) is 2.06. The topological polar surface area (TPSA) is 95.4 Å². The lowest BCUT2D eigenvalue weighted by Crippen LogP contribution is -2.33. The van der Waals surface area contributed by atoms with E-state index in [-0.39, 0.29) is 18.4 Å². The van der Waals surface area contributed by atoms with Crippen LogP contribution in [-0.2, 0) is 10.2 Å². The second-order valence-corrected chi connectivity index (χ2v) is 6.88. The Morgan fingerprint density at radius 2 is 1.92 bits per heavy atom. The van der Waals surface area contributed by atoms with Gasteiger partial charge in [-0.2, -0.15) is 0 Å². The molecular formula is C16H20N4O3S. The number of carboxylic acids is 1. The van der Waals surface area contributed by atoms with Gasteiger partial charge in [0.05, 0.1) is 6.42 Å². The molecule has 0 aliphatic carbocycles. The van der Waals surface area contributed by atoms with E-state index < -0.39 is 12.0 Å². The molecule has 8 heteroatoms. The Kier molecular flexibility index (Phi) is 5.50. The molecule has 0 aliphatic heterocycles. The lowest BCUT2D eigenvalue weighted by atomic mass is 9.85. The van der Waals surface area contributed by atoms with E-state index >= 15 is 0 Å². The van der Waals surface area contributed by atoms with Crippen LogP contribution in [0.15, 0.2) is 30.3 Å². The molecule has 2 amide bonds. The SMILES string of the molecule is CN(CCC(=O)O)C(=O)Nc1nnc(C(C)(C)c2ccccc2)s1. The maximum absolute atomic E-state index is 12.0. The number of aromatic nitrogens is 2. The van der Waals surface area contributed by atoms with Gasteiger partial charge in [-0.15, -0.1) is 10.2 Å². The summed E-state index contributed by atoms with van der Waals surface area (Å²) in [5.41, 5.74) is 0.787. The molecule has 0 radical (unpaired) electrons. The summed E-state index contributed by atoms with van der Waals surface area (Å²) >= 11 is 1.31. The molecule has 24 heavy (non-hydrogen) atoms. The predicted octanol–water partition coefficient (Wildman–Crippen LogP) is 2.80. The van der Waals surface area contributed by atoms with Crippen LogP contribution in [0.25, 0.3) is 0 Å². The molecule has 1 heterocycles. The van der Waals surface area contributed by atoms with E-state index in [1.165, 1.54) is 23.3 Å². The van der Waals surface area contributed by atoms with Crippen molar-refractivity contribution in [1.82, 2.24) is 15.1 Å². The van der Waals surface area contributed by atoms with Crippen molar-refractivity contribution in [1.29, 1.82) is 0 Å². The van der Waals surface area contributed by atoms with Crippen LogP contribution < -0.4 is 5.32 Å². The summed E-state index contributed by atoms with van der Waals surface area (Å²) in [6.07, 6.45) is -0.105. The first-order valence-electron chi connectivity index (χ1n) is 7.44. The van der Waals surface area contributed by atoms with Crippen LogP contribution in [0.4, 0.5) is 9.93 Å². The molecule has 7 nitrogen and oxygen atoms in total. The molecule has 1 aromatic heterocycles. The Morgan fingerprint density at radius 3 is 2.54 bits per heavy atom. The average molecular weight is 348 g/mol. The molecule has 0 saturated carbocycles. The zero-order chi connectivity index (χ0) is 17.7. The van der Waals surface area contributed by atoms with Gasteiger partial charge in [0.1, 0.15) is 5.01 Å². The van der Waals surface area contributed by atoms with E-state index in [0.29, 0.717) is 5.13 Å². The summed E-state index contributed by atoms with van der Waals surface area (Å²) < 4.78 is 0. The largest absolute Gasteiger partial charge is 0.481 e. The van der Waals surface area contributed by atoms with Crippen molar-refractivity contribution in [3.63, 3.8) is 0 Å². The number of aliphatic carboxylic acids is 1. The Morgan fingerprint density at radius 1 is 1.25 bits per heavy atom. The van der Waals surface area contributed by atoms with Gasteiger partial charge in [0.2, 0.25) is 5.13 Å². The summed E-state index contributed by atoms with van der Waals surface area (Å²) in [7, 11) is 1.54. The first-order valence-corrected chi connectivity index (χ1v) is 8.26. The second-order valence-electron chi connectivity index (χ2n) is 5.90. The van der Waals surface area contributed by atoms with Crippen LogP contribution in [0.2, 0.25) is 0 Å². The third-order valence-electron chi connectivity index (χ3n) is 3.68. The van der Waals surface area contributed by atoms with E-state index in [1.807, 2.05) is 44.2 Å². The minimum Gasteiger partial charge on any atom is -0.481 e. The zero-order valence-electron chi connectivity index (χ0n) is 13.8. The lowest BCUT2D eigenvalue weighted by molar-refractivity contribution is -0.137. The van der Waals surface area contributed by atoms with Gasteiger partial charge in [0, 0.05) is 19.0 Å². The Balaban J connectivity index is 2.05. The number of carbonyl (C=O) groups is 2. The van der Waals surface area contributed by atoms with Crippen LogP contribution in [-0.4, -0.2) is 45.8 Å². The third-order valence-corrected chi connectivity index (χ3v) is 4.84. The normalized spacial score (nSPS) is 11.1. The molecular weight excluding hydrogens is 328 g/mol. The first kappa shape index (κ1) is 17.9. The fourth-order valence-corrected chi connectivity index (χ4v) is 2.91. The summed E-state index contributed by atoms with van der Waals surface area (Å²) in [6, 6.07) is 9.55. The molecule has 1 aromatic carbocycles. The quantitative estimate of drug-likeness (QED) is 0.837. The van der Waals surface area contributed by atoms with Crippen molar-refractivity contribution in [3.8, 4) is 0 Å². The van der Waals surface area contributed by atoms with Crippen molar-refractivity contribution < 1.29 is 14.7 Å². The van der Waals surface area contributed by atoms with E-state index in [4.69, 9.17) is 5.11 Å². The number of benzene rings is 1. The molecule has 0 unspecified atom stereocenters. The Bertz CT molecular complexity index is 715. The van der Waals surface area contributed by atoms with Gasteiger partial charge in [-0.3, -0.25) is 10.1 Å². The number of urea groups is 1. The summed E-state index contributed by atoms with van der Waals surface area (Å²) in [5.74, 6) is -0.947. The van der Waals surface area contributed by atoms with Gasteiger partial charge >= 0.3 is 12.0 Å². The Hall–Kier alpha value is -2.48. The minimum absolute atomic E-state index is 0.105. The molecule has 0 spiro atoms. The molecule has 0 fully saturated rings.